The first-order chi connectivity index (χ1) is 10.7. The first-order valence-corrected chi connectivity index (χ1v) is 6.71. The van der Waals surface area contributed by atoms with E-state index in [1.807, 2.05) is 18.2 Å². The van der Waals surface area contributed by atoms with Crippen LogP contribution in [0.25, 0.3) is 0 Å². The van der Waals surface area contributed by atoms with Crippen LogP contribution in [0.2, 0.25) is 0 Å². The summed E-state index contributed by atoms with van der Waals surface area (Å²) in [5, 5.41) is 0. The van der Waals surface area contributed by atoms with E-state index in [1.165, 1.54) is 7.11 Å². The van der Waals surface area contributed by atoms with Gasteiger partial charge in [-0.25, -0.2) is 9.78 Å². The van der Waals surface area contributed by atoms with E-state index in [4.69, 9.17) is 15.2 Å². The first kappa shape index (κ1) is 15.8. The summed E-state index contributed by atoms with van der Waals surface area (Å²) in [4.78, 5) is 15.3. The lowest BCUT2D eigenvalue weighted by Crippen LogP contribution is -2.06. The Bertz CT molecular complexity index is 641. The summed E-state index contributed by atoms with van der Waals surface area (Å²) in [6.07, 6.45) is 1.58. The van der Waals surface area contributed by atoms with Crippen molar-refractivity contribution < 1.29 is 19.0 Å². The number of pyridine rings is 1. The maximum absolute atomic E-state index is 11.3. The molecule has 0 aliphatic carbocycles. The number of hydrogen-bond acceptors (Lipinski definition) is 6. The summed E-state index contributed by atoms with van der Waals surface area (Å²) in [6.45, 7) is 0.680. The van der Waals surface area contributed by atoms with Gasteiger partial charge in [-0.3, -0.25) is 0 Å². The van der Waals surface area contributed by atoms with Crippen LogP contribution >= 0.6 is 0 Å². The van der Waals surface area contributed by atoms with Gasteiger partial charge in [0.2, 0.25) is 0 Å². The molecule has 0 unspecified atom stereocenters. The number of nitrogens with two attached hydrogens (primary N) is 1. The van der Waals surface area contributed by atoms with Crippen LogP contribution in [-0.2, 0) is 17.9 Å². The molecule has 0 aliphatic heterocycles. The molecular formula is C16H18N2O4. The molecule has 1 aromatic carbocycles. The van der Waals surface area contributed by atoms with E-state index < -0.39 is 5.97 Å². The van der Waals surface area contributed by atoms with Gasteiger partial charge < -0.3 is 19.9 Å². The molecule has 0 bridgehead atoms. The molecule has 0 spiro atoms. The van der Waals surface area contributed by atoms with Crippen LogP contribution in [0, 0.1) is 0 Å². The number of nitrogens with zero attached hydrogens (tertiary/aromatic N) is 1. The van der Waals surface area contributed by atoms with E-state index >= 15 is 0 Å². The minimum absolute atomic E-state index is 0.262. The highest BCUT2D eigenvalue weighted by Crippen LogP contribution is 2.24. The van der Waals surface area contributed by atoms with Crippen molar-refractivity contribution in [3.05, 3.63) is 53.3 Å². The third kappa shape index (κ3) is 3.73. The standard InChI is InChI=1S/C16H18N2O4/c1-20-13-4-6-15(12(7-13)8-17)22-10-11-3-5-14(18-9-11)16(19)21-2/h3-7,9H,8,10,17H2,1-2H3. The van der Waals surface area contributed by atoms with Gasteiger partial charge in [0.1, 0.15) is 23.8 Å². The van der Waals surface area contributed by atoms with Gasteiger partial charge in [-0.05, 0) is 24.3 Å². The van der Waals surface area contributed by atoms with Crippen molar-refractivity contribution in [1.82, 2.24) is 4.98 Å². The smallest absolute Gasteiger partial charge is 0.356 e. The number of carbonyl (C=O) groups excluding carboxylic acids is 1. The number of hydrogen-bond donors (Lipinski definition) is 1. The molecule has 2 N–H and O–H groups in total. The van der Waals surface area contributed by atoms with Gasteiger partial charge in [0.05, 0.1) is 14.2 Å². The predicted molar refractivity (Wildman–Crippen MR) is 80.8 cm³/mol. The van der Waals surface area contributed by atoms with Gasteiger partial charge in [-0.15, -0.1) is 0 Å². The summed E-state index contributed by atoms with van der Waals surface area (Å²) in [5.74, 6) is 0.963. The fourth-order valence-corrected chi connectivity index (χ4v) is 1.88. The van der Waals surface area contributed by atoms with Crippen LogP contribution in [0.4, 0.5) is 0 Å². The van der Waals surface area contributed by atoms with Crippen molar-refractivity contribution in [1.29, 1.82) is 0 Å². The lowest BCUT2D eigenvalue weighted by atomic mass is 10.2. The minimum Gasteiger partial charge on any atom is -0.497 e. The molecule has 0 radical (unpaired) electrons. The molecule has 1 heterocycles. The molecule has 0 atom stereocenters. The Morgan fingerprint density at radius 1 is 1.23 bits per heavy atom. The average molecular weight is 302 g/mol. The number of esters is 1. The zero-order valence-electron chi connectivity index (χ0n) is 12.5. The Hall–Kier alpha value is -2.60. The molecule has 0 saturated heterocycles. The fourth-order valence-electron chi connectivity index (χ4n) is 1.88. The molecular weight excluding hydrogens is 284 g/mol. The van der Waals surface area contributed by atoms with Gasteiger partial charge in [0.15, 0.2) is 0 Å². The highest BCUT2D eigenvalue weighted by molar-refractivity contribution is 5.86. The monoisotopic (exact) mass is 302 g/mol. The van der Waals surface area contributed by atoms with Crippen LogP contribution in [0.3, 0.4) is 0 Å². The largest absolute Gasteiger partial charge is 0.497 e. The molecule has 6 heteroatoms. The zero-order chi connectivity index (χ0) is 15.9. The van der Waals surface area contributed by atoms with E-state index in [0.29, 0.717) is 18.9 Å². The number of rotatable bonds is 6. The van der Waals surface area contributed by atoms with Crippen molar-refractivity contribution in [2.75, 3.05) is 14.2 Å². The lowest BCUT2D eigenvalue weighted by Gasteiger charge is -2.12. The van der Waals surface area contributed by atoms with Crippen molar-refractivity contribution in [3.63, 3.8) is 0 Å². The van der Waals surface area contributed by atoms with Crippen LogP contribution in [0.1, 0.15) is 21.6 Å². The van der Waals surface area contributed by atoms with Gasteiger partial charge in [0.25, 0.3) is 0 Å². The third-order valence-electron chi connectivity index (χ3n) is 3.10. The van der Waals surface area contributed by atoms with Crippen molar-refractivity contribution >= 4 is 5.97 Å². The van der Waals surface area contributed by atoms with Crippen molar-refractivity contribution in [2.45, 2.75) is 13.2 Å². The zero-order valence-corrected chi connectivity index (χ0v) is 12.5. The van der Waals surface area contributed by atoms with E-state index in [9.17, 15) is 4.79 Å². The second-order valence-electron chi connectivity index (χ2n) is 4.51. The summed E-state index contributed by atoms with van der Waals surface area (Å²) >= 11 is 0. The Morgan fingerprint density at radius 2 is 2.05 bits per heavy atom. The van der Waals surface area contributed by atoms with E-state index in [-0.39, 0.29) is 5.69 Å². The van der Waals surface area contributed by atoms with E-state index in [2.05, 4.69) is 9.72 Å². The fraction of sp³-hybridized carbons (Fsp3) is 0.250. The van der Waals surface area contributed by atoms with E-state index in [0.717, 1.165) is 16.9 Å². The molecule has 2 rings (SSSR count). The van der Waals surface area contributed by atoms with Gasteiger partial charge in [0, 0.05) is 23.9 Å². The predicted octanol–water partition coefficient (Wildman–Crippen LogP) is 1.91. The van der Waals surface area contributed by atoms with Crippen LogP contribution in [-0.4, -0.2) is 25.2 Å². The van der Waals surface area contributed by atoms with Crippen molar-refractivity contribution in [2.24, 2.45) is 5.73 Å². The molecule has 6 nitrogen and oxygen atoms in total. The van der Waals surface area contributed by atoms with Gasteiger partial charge in [-0.1, -0.05) is 6.07 Å². The molecule has 0 aliphatic rings. The Kier molecular flexibility index (Phi) is 5.32. The molecule has 0 saturated carbocycles. The summed E-state index contributed by atoms with van der Waals surface area (Å²) in [5.41, 5.74) is 7.67. The number of methoxy groups -OCH3 is 2. The lowest BCUT2D eigenvalue weighted by molar-refractivity contribution is 0.0594. The topological polar surface area (TPSA) is 83.7 Å². The van der Waals surface area contributed by atoms with Crippen molar-refractivity contribution in [3.8, 4) is 11.5 Å². The molecule has 116 valence electrons. The third-order valence-corrected chi connectivity index (χ3v) is 3.10. The first-order valence-electron chi connectivity index (χ1n) is 6.71. The second kappa shape index (κ2) is 7.42. The Labute approximate surface area is 128 Å². The van der Waals surface area contributed by atoms with Crippen LogP contribution in [0.15, 0.2) is 36.5 Å². The molecule has 2 aromatic rings. The van der Waals surface area contributed by atoms with Crippen LogP contribution in [0.5, 0.6) is 11.5 Å². The SMILES string of the molecule is COC(=O)c1ccc(COc2ccc(OC)cc2CN)cn1. The average Bonchev–Trinajstić information content (AvgIpc) is 2.59. The number of carbonyl (C=O) groups is 1. The summed E-state index contributed by atoms with van der Waals surface area (Å²) in [7, 11) is 2.92. The highest BCUT2D eigenvalue weighted by atomic mass is 16.5. The number of ether oxygens (including phenoxy) is 3. The number of benzene rings is 1. The van der Waals surface area contributed by atoms with Gasteiger partial charge in [-0.2, -0.15) is 0 Å². The molecule has 1 aromatic heterocycles. The Morgan fingerprint density at radius 3 is 2.64 bits per heavy atom. The summed E-state index contributed by atoms with van der Waals surface area (Å²) < 4.78 is 15.5. The maximum atomic E-state index is 11.3. The minimum atomic E-state index is -0.465. The second-order valence-corrected chi connectivity index (χ2v) is 4.51. The quantitative estimate of drug-likeness (QED) is 0.821. The summed E-state index contributed by atoms with van der Waals surface area (Å²) in [6, 6.07) is 8.84. The Balaban J connectivity index is 2.05. The normalized spacial score (nSPS) is 10.1. The molecule has 0 fully saturated rings. The maximum Gasteiger partial charge on any atom is 0.356 e. The molecule has 22 heavy (non-hydrogen) atoms. The molecule has 0 amide bonds. The highest BCUT2D eigenvalue weighted by Gasteiger charge is 2.08. The number of aromatic nitrogens is 1. The van der Waals surface area contributed by atoms with Gasteiger partial charge >= 0.3 is 5.97 Å². The van der Waals surface area contributed by atoms with E-state index in [1.54, 1.807) is 25.4 Å². The van der Waals surface area contributed by atoms with Crippen LogP contribution < -0.4 is 15.2 Å².